The number of hydrogen-bond acceptors (Lipinski definition) is 4. The Labute approximate surface area is 129 Å². The van der Waals surface area contributed by atoms with Crippen molar-refractivity contribution in [3.63, 3.8) is 0 Å². The van der Waals surface area contributed by atoms with Crippen LogP contribution in [0, 0.1) is 6.92 Å². The van der Waals surface area contributed by atoms with Gasteiger partial charge in [0.05, 0.1) is 12.1 Å². The molecule has 0 bridgehead atoms. The van der Waals surface area contributed by atoms with Crippen LogP contribution < -0.4 is 5.32 Å². The molecule has 0 amide bonds. The van der Waals surface area contributed by atoms with Gasteiger partial charge in [0.25, 0.3) is 0 Å². The van der Waals surface area contributed by atoms with Gasteiger partial charge >= 0.3 is 0 Å². The second kappa shape index (κ2) is 7.43. The molecule has 0 fully saturated rings. The number of nitrogens with one attached hydrogen (secondary N) is 1. The van der Waals surface area contributed by atoms with Crippen LogP contribution in [0.2, 0.25) is 0 Å². The minimum absolute atomic E-state index is 0.0849. The first kappa shape index (κ1) is 18.2. The summed E-state index contributed by atoms with van der Waals surface area (Å²) < 4.78 is 16.9. The second-order valence-electron chi connectivity index (χ2n) is 7.19. The van der Waals surface area contributed by atoms with Gasteiger partial charge in [0.2, 0.25) is 0 Å². The monoisotopic (exact) mass is 297 g/mol. The van der Waals surface area contributed by atoms with Crippen molar-refractivity contribution in [2.45, 2.75) is 72.3 Å². The Bertz CT molecular complexity index is 430. The molecule has 1 N–H and O–H groups in total. The molecule has 1 aromatic heterocycles. The van der Waals surface area contributed by atoms with E-state index >= 15 is 0 Å². The molecule has 0 radical (unpaired) electrons. The molecule has 0 saturated carbocycles. The molecule has 0 atom stereocenters. The number of ether oxygens (including phenoxy) is 2. The predicted molar refractivity (Wildman–Crippen MR) is 85.4 cm³/mol. The molecule has 0 aliphatic heterocycles. The van der Waals surface area contributed by atoms with E-state index in [4.69, 9.17) is 13.9 Å². The summed E-state index contributed by atoms with van der Waals surface area (Å²) in [6.45, 7) is 14.5. The fourth-order valence-electron chi connectivity index (χ4n) is 1.78. The zero-order valence-corrected chi connectivity index (χ0v) is 14.6. The Hall–Kier alpha value is -0.840. The van der Waals surface area contributed by atoms with Crippen LogP contribution in [0.3, 0.4) is 0 Å². The maximum absolute atomic E-state index is 5.85. The SMILES string of the molecule is COC(C)(C)CCOCc1cc(C)c(CNC(C)(C)C)o1. The van der Waals surface area contributed by atoms with Gasteiger partial charge in [-0.1, -0.05) is 0 Å². The molecule has 0 saturated heterocycles. The van der Waals surface area contributed by atoms with Crippen molar-refractivity contribution in [2.75, 3.05) is 13.7 Å². The third kappa shape index (κ3) is 7.11. The summed E-state index contributed by atoms with van der Waals surface area (Å²) in [6.07, 6.45) is 0.863. The number of rotatable bonds is 8. The first-order chi connectivity index (χ1) is 9.63. The van der Waals surface area contributed by atoms with Crippen LogP contribution in [0.5, 0.6) is 0 Å². The van der Waals surface area contributed by atoms with Crippen LogP contribution in [0.15, 0.2) is 10.5 Å². The van der Waals surface area contributed by atoms with Crippen molar-refractivity contribution in [1.82, 2.24) is 5.32 Å². The van der Waals surface area contributed by atoms with Crippen LogP contribution in [0.1, 0.15) is 58.1 Å². The van der Waals surface area contributed by atoms with E-state index in [1.807, 2.05) is 0 Å². The molecular weight excluding hydrogens is 266 g/mol. The summed E-state index contributed by atoms with van der Waals surface area (Å²) in [5.74, 6) is 1.87. The van der Waals surface area contributed by atoms with Crippen molar-refractivity contribution < 1.29 is 13.9 Å². The van der Waals surface area contributed by atoms with E-state index in [1.54, 1.807) is 7.11 Å². The van der Waals surface area contributed by atoms with Crippen molar-refractivity contribution >= 4 is 0 Å². The molecule has 0 aliphatic carbocycles. The Kier molecular flexibility index (Phi) is 6.44. The zero-order valence-electron chi connectivity index (χ0n) is 14.6. The molecular formula is C17H31NO3. The number of aryl methyl sites for hydroxylation is 1. The lowest BCUT2D eigenvalue weighted by Crippen LogP contribution is -2.35. The molecule has 0 spiro atoms. The van der Waals surface area contributed by atoms with E-state index in [0.29, 0.717) is 13.2 Å². The van der Waals surface area contributed by atoms with E-state index in [9.17, 15) is 0 Å². The molecule has 0 unspecified atom stereocenters. The average molecular weight is 297 g/mol. The molecule has 0 aromatic carbocycles. The van der Waals surface area contributed by atoms with E-state index in [1.165, 1.54) is 5.56 Å². The lowest BCUT2D eigenvalue weighted by Gasteiger charge is -2.22. The van der Waals surface area contributed by atoms with Gasteiger partial charge < -0.3 is 19.2 Å². The summed E-state index contributed by atoms with van der Waals surface area (Å²) in [5.41, 5.74) is 1.12. The summed E-state index contributed by atoms with van der Waals surface area (Å²) >= 11 is 0. The molecule has 122 valence electrons. The van der Waals surface area contributed by atoms with Gasteiger partial charge in [-0.15, -0.1) is 0 Å². The smallest absolute Gasteiger partial charge is 0.130 e. The van der Waals surface area contributed by atoms with Crippen LogP contribution >= 0.6 is 0 Å². The Morgan fingerprint density at radius 3 is 2.43 bits per heavy atom. The summed E-state index contributed by atoms with van der Waals surface area (Å²) in [5, 5.41) is 3.44. The fourth-order valence-corrected chi connectivity index (χ4v) is 1.78. The zero-order chi connectivity index (χ0) is 16.1. The van der Waals surface area contributed by atoms with Crippen molar-refractivity contribution in [3.8, 4) is 0 Å². The molecule has 4 heteroatoms. The van der Waals surface area contributed by atoms with E-state index in [0.717, 1.165) is 24.5 Å². The topological polar surface area (TPSA) is 43.6 Å². The summed E-state index contributed by atoms with van der Waals surface area (Å²) in [4.78, 5) is 0. The highest BCUT2D eigenvalue weighted by molar-refractivity contribution is 5.19. The second-order valence-corrected chi connectivity index (χ2v) is 7.19. The molecule has 1 heterocycles. The molecule has 1 rings (SSSR count). The minimum Gasteiger partial charge on any atom is -0.462 e. The van der Waals surface area contributed by atoms with Gasteiger partial charge in [0.15, 0.2) is 0 Å². The lowest BCUT2D eigenvalue weighted by atomic mass is 10.1. The summed E-state index contributed by atoms with van der Waals surface area (Å²) in [7, 11) is 1.73. The van der Waals surface area contributed by atoms with Gasteiger partial charge in [0.1, 0.15) is 18.1 Å². The quantitative estimate of drug-likeness (QED) is 0.741. The van der Waals surface area contributed by atoms with E-state index in [-0.39, 0.29) is 11.1 Å². The Morgan fingerprint density at radius 1 is 1.19 bits per heavy atom. The molecule has 1 aromatic rings. The number of hydrogen-bond donors (Lipinski definition) is 1. The van der Waals surface area contributed by atoms with E-state index < -0.39 is 0 Å². The summed E-state index contributed by atoms with van der Waals surface area (Å²) in [6, 6.07) is 2.06. The number of furan rings is 1. The van der Waals surface area contributed by atoms with Crippen molar-refractivity contribution in [1.29, 1.82) is 0 Å². The maximum atomic E-state index is 5.85. The lowest BCUT2D eigenvalue weighted by molar-refractivity contribution is -0.0144. The van der Waals surface area contributed by atoms with Crippen LogP contribution in [0.4, 0.5) is 0 Å². The van der Waals surface area contributed by atoms with Gasteiger partial charge in [-0.05, 0) is 59.6 Å². The predicted octanol–water partition coefficient (Wildman–Crippen LogP) is 3.81. The third-order valence-electron chi connectivity index (χ3n) is 3.50. The van der Waals surface area contributed by atoms with E-state index in [2.05, 4.69) is 52.9 Å². The Morgan fingerprint density at radius 2 is 1.86 bits per heavy atom. The first-order valence-corrected chi connectivity index (χ1v) is 7.59. The van der Waals surface area contributed by atoms with Crippen molar-refractivity contribution in [2.24, 2.45) is 0 Å². The van der Waals surface area contributed by atoms with Crippen molar-refractivity contribution in [3.05, 3.63) is 23.2 Å². The van der Waals surface area contributed by atoms with Crippen LogP contribution in [-0.2, 0) is 22.6 Å². The van der Waals surface area contributed by atoms with Gasteiger partial charge in [-0.2, -0.15) is 0 Å². The van der Waals surface area contributed by atoms with Gasteiger partial charge in [-0.3, -0.25) is 0 Å². The van der Waals surface area contributed by atoms with Gasteiger partial charge in [0, 0.05) is 19.3 Å². The van der Waals surface area contributed by atoms with Gasteiger partial charge in [-0.25, -0.2) is 0 Å². The highest BCUT2D eigenvalue weighted by atomic mass is 16.5. The highest BCUT2D eigenvalue weighted by Crippen LogP contribution is 2.17. The highest BCUT2D eigenvalue weighted by Gasteiger charge is 2.16. The third-order valence-corrected chi connectivity index (χ3v) is 3.50. The molecule has 0 aliphatic rings. The average Bonchev–Trinajstić information content (AvgIpc) is 2.72. The minimum atomic E-state index is -0.138. The molecule has 21 heavy (non-hydrogen) atoms. The maximum Gasteiger partial charge on any atom is 0.130 e. The standard InChI is InChI=1S/C17H31NO3/c1-13-10-14(12-20-9-8-17(5,6)19-7)21-15(13)11-18-16(2,3)4/h10,18H,8-9,11-12H2,1-7H3. The number of methoxy groups -OCH3 is 1. The normalized spacial score (nSPS) is 12.9. The Balaban J connectivity index is 2.40. The first-order valence-electron chi connectivity index (χ1n) is 7.59. The largest absolute Gasteiger partial charge is 0.462 e. The van der Waals surface area contributed by atoms with Crippen LogP contribution in [0.25, 0.3) is 0 Å². The fraction of sp³-hybridized carbons (Fsp3) is 0.765. The van der Waals surface area contributed by atoms with Crippen LogP contribution in [-0.4, -0.2) is 24.9 Å². The molecule has 4 nitrogen and oxygen atoms in total.